The van der Waals surface area contributed by atoms with E-state index in [-0.39, 0.29) is 17.8 Å². The van der Waals surface area contributed by atoms with Crippen LogP contribution in [-0.2, 0) is 20.9 Å². The molecular weight excluding hydrogens is 575 g/mol. The fourth-order valence-electron chi connectivity index (χ4n) is 5.91. The number of ether oxygens (including phenoxy) is 1. The number of hydrogen-bond donors (Lipinski definition) is 2. The van der Waals surface area contributed by atoms with Crippen LogP contribution >= 0.6 is 23.2 Å². The van der Waals surface area contributed by atoms with Crippen molar-refractivity contribution < 1.29 is 14.3 Å². The molecule has 2 aliphatic rings. The molecule has 1 saturated carbocycles. The van der Waals surface area contributed by atoms with Crippen LogP contribution in [0.15, 0.2) is 48.8 Å². The summed E-state index contributed by atoms with van der Waals surface area (Å²) in [4.78, 5) is 37.7. The summed E-state index contributed by atoms with van der Waals surface area (Å²) >= 11 is 12.4. The van der Waals surface area contributed by atoms with Crippen LogP contribution in [-0.4, -0.2) is 52.7 Å². The number of hydrogen-bond acceptors (Lipinski definition) is 7. The second kappa shape index (κ2) is 14.2. The van der Waals surface area contributed by atoms with Gasteiger partial charge in [0.2, 0.25) is 11.9 Å². The summed E-state index contributed by atoms with van der Waals surface area (Å²) in [5, 5.41) is 7.61. The molecule has 1 aromatic carbocycles. The molecule has 2 aromatic heterocycles. The lowest BCUT2D eigenvalue weighted by Gasteiger charge is -2.32. The predicted molar refractivity (Wildman–Crippen MR) is 165 cm³/mol. The molecule has 9 nitrogen and oxygen atoms in total. The van der Waals surface area contributed by atoms with E-state index in [2.05, 4.69) is 10.6 Å². The molecule has 0 radical (unpaired) electrons. The molecular formula is C31H38Cl2N6O3. The third-order valence-electron chi connectivity index (χ3n) is 8.21. The van der Waals surface area contributed by atoms with Crippen molar-refractivity contribution in [2.24, 2.45) is 11.8 Å². The van der Waals surface area contributed by atoms with E-state index in [0.717, 1.165) is 37.8 Å². The number of halogens is 2. The first-order valence-electron chi connectivity index (χ1n) is 14.7. The first-order chi connectivity index (χ1) is 20.4. The van der Waals surface area contributed by atoms with Gasteiger partial charge in [0, 0.05) is 48.1 Å². The van der Waals surface area contributed by atoms with E-state index in [1.807, 2.05) is 46.1 Å². The second-order valence-corrected chi connectivity index (χ2v) is 12.0. The first kappa shape index (κ1) is 30.2. The number of esters is 1. The van der Waals surface area contributed by atoms with Gasteiger partial charge in [-0.3, -0.25) is 9.59 Å². The molecule has 224 valence electrons. The number of carbonyl (C=O) groups excluding carboxylic acids is 2. The summed E-state index contributed by atoms with van der Waals surface area (Å²) in [7, 11) is 1.42. The number of benzene rings is 1. The Kier molecular flexibility index (Phi) is 10.2. The molecule has 0 bridgehead atoms. The molecule has 3 heterocycles. The lowest BCUT2D eigenvalue weighted by molar-refractivity contribution is -0.145. The van der Waals surface area contributed by atoms with E-state index >= 15 is 0 Å². The van der Waals surface area contributed by atoms with Crippen LogP contribution in [0.5, 0.6) is 0 Å². The van der Waals surface area contributed by atoms with Gasteiger partial charge in [-0.25, -0.2) is 0 Å². The van der Waals surface area contributed by atoms with Crippen molar-refractivity contribution in [3.63, 3.8) is 0 Å². The summed E-state index contributed by atoms with van der Waals surface area (Å²) in [6.07, 6.45) is 12.0. The Hall–Kier alpha value is -3.30. The highest BCUT2D eigenvalue weighted by molar-refractivity contribution is 6.35. The number of nitrogens with one attached hydrogen (secondary N) is 2. The van der Waals surface area contributed by atoms with Crippen molar-refractivity contribution in [3.8, 4) is 5.82 Å². The fraction of sp³-hybridized carbons (Fsp3) is 0.484. The molecule has 1 amide bonds. The van der Waals surface area contributed by atoms with E-state index in [9.17, 15) is 9.59 Å². The number of rotatable bonds is 10. The van der Waals surface area contributed by atoms with Crippen LogP contribution in [0.1, 0.15) is 56.9 Å². The Morgan fingerprint density at radius 1 is 1.05 bits per heavy atom. The molecule has 11 heteroatoms. The van der Waals surface area contributed by atoms with Crippen LogP contribution in [0.4, 0.5) is 11.8 Å². The van der Waals surface area contributed by atoms with E-state index in [1.54, 1.807) is 12.1 Å². The van der Waals surface area contributed by atoms with Crippen molar-refractivity contribution in [1.82, 2.24) is 19.9 Å². The van der Waals surface area contributed by atoms with E-state index in [0.29, 0.717) is 53.1 Å². The summed E-state index contributed by atoms with van der Waals surface area (Å²) in [6, 6.07) is 10.5. The zero-order valence-electron chi connectivity index (χ0n) is 23.9. The topological polar surface area (TPSA) is 101 Å². The van der Waals surface area contributed by atoms with Gasteiger partial charge in [0.15, 0.2) is 0 Å². The fourth-order valence-corrected chi connectivity index (χ4v) is 6.39. The number of nitrogens with zero attached hydrogens (tertiary/aromatic N) is 4. The van der Waals surface area contributed by atoms with Crippen molar-refractivity contribution >= 4 is 46.8 Å². The molecule has 2 N–H and O–H groups in total. The zero-order chi connectivity index (χ0) is 29.5. The van der Waals surface area contributed by atoms with Crippen molar-refractivity contribution in [1.29, 1.82) is 0 Å². The maximum Gasteiger partial charge on any atom is 0.310 e. The van der Waals surface area contributed by atoms with Crippen molar-refractivity contribution in [3.05, 3.63) is 64.4 Å². The molecule has 2 atom stereocenters. The van der Waals surface area contributed by atoms with Gasteiger partial charge in [-0.2, -0.15) is 9.97 Å². The van der Waals surface area contributed by atoms with Crippen LogP contribution in [0.3, 0.4) is 0 Å². The average Bonchev–Trinajstić information content (AvgIpc) is 3.56. The molecule has 3 aromatic rings. The zero-order valence-corrected chi connectivity index (χ0v) is 25.4. The maximum atomic E-state index is 13.7. The second-order valence-electron chi connectivity index (χ2n) is 11.2. The van der Waals surface area contributed by atoms with Crippen LogP contribution in [0, 0.1) is 11.8 Å². The third kappa shape index (κ3) is 7.75. The molecule has 1 aliphatic carbocycles. The van der Waals surface area contributed by atoms with Crippen LogP contribution in [0.25, 0.3) is 5.82 Å². The molecule has 5 rings (SSSR count). The number of amides is 1. The lowest BCUT2D eigenvalue weighted by Crippen LogP contribution is -2.42. The molecule has 0 spiro atoms. The Morgan fingerprint density at radius 2 is 1.83 bits per heavy atom. The largest absolute Gasteiger partial charge is 0.469 e. The quantitative estimate of drug-likeness (QED) is 0.269. The molecule has 1 saturated heterocycles. The maximum absolute atomic E-state index is 13.7. The van der Waals surface area contributed by atoms with Crippen LogP contribution in [0.2, 0.25) is 10.0 Å². The van der Waals surface area contributed by atoms with Crippen molar-refractivity contribution in [2.45, 2.75) is 64.0 Å². The standard InChI is InChI=1S/C31H38Cl2N6O3/c1-42-30(41)23-10-7-15-39(20-23)31-36-27(18-28(37-31)38-13-5-6-14-38)35-26(16-21-8-3-2-4-9-21)29(40)34-19-22-11-12-24(32)17-25(22)33/h5-6,11-14,17-18,21,23,26H,2-4,7-10,15-16,19-20H2,1H3,(H,34,40)(H,35,36,37)/t23?,26-/m1/s1. The van der Waals surface area contributed by atoms with Gasteiger partial charge in [0.05, 0.1) is 13.0 Å². The number of carbonyl (C=O) groups is 2. The van der Waals surface area contributed by atoms with Gasteiger partial charge in [0.1, 0.15) is 17.7 Å². The van der Waals surface area contributed by atoms with Gasteiger partial charge < -0.3 is 24.8 Å². The SMILES string of the molecule is COC(=O)C1CCCN(c2nc(N[C@H](CC3CCCCC3)C(=O)NCc3ccc(Cl)cc3Cl)cc(-n3cccc3)n2)C1. The monoisotopic (exact) mass is 612 g/mol. The molecule has 42 heavy (non-hydrogen) atoms. The number of aromatic nitrogens is 3. The average molecular weight is 614 g/mol. The normalized spacial score (nSPS) is 18.4. The van der Waals surface area contributed by atoms with Gasteiger partial charge >= 0.3 is 5.97 Å². The molecule has 1 aliphatic heterocycles. The van der Waals surface area contributed by atoms with Gasteiger partial charge in [0.25, 0.3) is 0 Å². The summed E-state index contributed by atoms with van der Waals surface area (Å²) in [5.74, 6) is 1.64. The van der Waals surface area contributed by atoms with Crippen molar-refractivity contribution in [2.75, 3.05) is 30.4 Å². The highest BCUT2D eigenvalue weighted by Gasteiger charge is 2.29. The predicted octanol–water partition coefficient (Wildman–Crippen LogP) is 6.03. The highest BCUT2D eigenvalue weighted by Crippen LogP contribution is 2.30. The molecule has 2 fully saturated rings. The Bertz CT molecular complexity index is 1360. The van der Waals surface area contributed by atoms with Crippen LogP contribution < -0.4 is 15.5 Å². The summed E-state index contributed by atoms with van der Waals surface area (Å²) < 4.78 is 6.93. The highest BCUT2D eigenvalue weighted by atomic mass is 35.5. The van der Waals surface area contributed by atoms with E-state index in [4.69, 9.17) is 37.9 Å². The number of anilines is 2. The Balaban J connectivity index is 1.40. The third-order valence-corrected chi connectivity index (χ3v) is 8.80. The van der Waals surface area contributed by atoms with Gasteiger partial charge in [-0.1, -0.05) is 61.4 Å². The van der Waals surface area contributed by atoms with Gasteiger partial charge in [-0.05, 0) is 55.0 Å². The minimum Gasteiger partial charge on any atom is -0.469 e. The molecule has 1 unspecified atom stereocenters. The minimum absolute atomic E-state index is 0.113. The Labute approximate surface area is 256 Å². The lowest BCUT2D eigenvalue weighted by atomic mass is 9.84. The number of methoxy groups -OCH3 is 1. The van der Waals surface area contributed by atoms with E-state index in [1.165, 1.54) is 26.4 Å². The summed E-state index contributed by atoms with van der Waals surface area (Å²) in [5.41, 5.74) is 0.801. The first-order valence-corrected chi connectivity index (χ1v) is 15.5. The number of piperidine rings is 1. The Morgan fingerprint density at radius 3 is 2.57 bits per heavy atom. The summed E-state index contributed by atoms with van der Waals surface area (Å²) in [6.45, 7) is 1.51. The minimum atomic E-state index is -0.497. The van der Waals surface area contributed by atoms with E-state index < -0.39 is 6.04 Å². The smallest absolute Gasteiger partial charge is 0.310 e. The van der Waals surface area contributed by atoms with Gasteiger partial charge in [-0.15, -0.1) is 0 Å².